The van der Waals surface area contributed by atoms with Gasteiger partial charge in [-0.2, -0.15) is 0 Å². The second-order valence-electron chi connectivity index (χ2n) is 8.44. The van der Waals surface area contributed by atoms with Crippen molar-refractivity contribution >= 4 is 39.6 Å². The molecule has 2 aliphatic rings. The molecule has 0 bridgehead atoms. The Morgan fingerprint density at radius 3 is 2.54 bits per heavy atom. The second-order valence-corrected chi connectivity index (χ2v) is 10.6. The number of thioether (sulfide) groups is 1. The van der Waals surface area contributed by atoms with Crippen LogP contribution in [-0.2, 0) is 16.1 Å². The minimum atomic E-state index is -0.809. The minimum absolute atomic E-state index is 0.0261. The summed E-state index contributed by atoms with van der Waals surface area (Å²) < 4.78 is 34.4. The number of unbranched alkanes of at least 4 members (excludes halogenated alkanes) is 1. The van der Waals surface area contributed by atoms with Gasteiger partial charge in [0.2, 0.25) is 0 Å². The number of primary amides is 1. The highest BCUT2D eigenvalue weighted by Crippen LogP contribution is 2.36. The van der Waals surface area contributed by atoms with Gasteiger partial charge in [-0.25, -0.2) is 13.6 Å². The van der Waals surface area contributed by atoms with E-state index in [2.05, 4.69) is 31.5 Å². The summed E-state index contributed by atoms with van der Waals surface area (Å²) in [6.45, 7) is 5.32. The van der Waals surface area contributed by atoms with Gasteiger partial charge in [0.1, 0.15) is 29.6 Å². The van der Waals surface area contributed by atoms with E-state index < -0.39 is 30.2 Å². The summed E-state index contributed by atoms with van der Waals surface area (Å²) in [6.07, 6.45) is 6.69. The molecule has 0 aromatic heterocycles. The van der Waals surface area contributed by atoms with E-state index in [9.17, 15) is 18.4 Å². The molecule has 1 aromatic carbocycles. The molecule has 2 heterocycles. The zero-order valence-electron chi connectivity index (χ0n) is 19.7. The second kappa shape index (κ2) is 13.3. The van der Waals surface area contributed by atoms with Crippen molar-refractivity contribution in [1.82, 2.24) is 15.5 Å². The molecule has 1 aromatic rings. The van der Waals surface area contributed by atoms with Crippen molar-refractivity contribution in [3.05, 3.63) is 56.2 Å². The number of hydrogen-bond acceptors (Lipinski definition) is 5. The first kappa shape index (κ1) is 27.5. The van der Waals surface area contributed by atoms with Crippen molar-refractivity contribution in [2.24, 2.45) is 5.73 Å². The standard InChI is InChI=1S/C24H31BrF2N4O3S/c1-2-16-13-20(34-14-17-18(26)11-15(25)12-19(17)27)21(22(28)32)23(35-16)30-24(33)29-7-3-4-8-31-9-5-6-10-31/h11-13,16H,2-10,14H2,1H3,(H2,28,32)(H2,29,30,33). The predicted molar refractivity (Wildman–Crippen MR) is 136 cm³/mol. The average molecular weight is 574 g/mol. The summed E-state index contributed by atoms with van der Waals surface area (Å²) in [4.78, 5) is 27.2. The van der Waals surface area contributed by atoms with Crippen LogP contribution in [0, 0.1) is 11.6 Å². The van der Waals surface area contributed by atoms with Gasteiger partial charge in [-0.1, -0.05) is 34.6 Å². The molecule has 11 heteroatoms. The van der Waals surface area contributed by atoms with Crippen LogP contribution in [0.15, 0.2) is 39.0 Å². The summed E-state index contributed by atoms with van der Waals surface area (Å²) in [5, 5.41) is 5.66. The monoisotopic (exact) mass is 572 g/mol. The molecular weight excluding hydrogens is 542 g/mol. The first-order valence-corrected chi connectivity index (χ1v) is 13.4. The molecule has 1 unspecified atom stereocenters. The number of nitrogens with one attached hydrogen (secondary N) is 2. The van der Waals surface area contributed by atoms with Gasteiger partial charge in [0.15, 0.2) is 0 Å². The first-order chi connectivity index (χ1) is 16.8. The van der Waals surface area contributed by atoms with E-state index in [-0.39, 0.29) is 31.6 Å². The minimum Gasteiger partial charge on any atom is -0.488 e. The SMILES string of the molecule is CCC1C=C(OCc2c(F)cc(Br)cc2F)C(C(N)=O)=C(NC(=O)NCCCCN2CCCC2)S1. The van der Waals surface area contributed by atoms with E-state index in [0.29, 0.717) is 13.0 Å². The molecule has 7 nitrogen and oxygen atoms in total. The number of ether oxygens (including phenoxy) is 1. The Kier molecular flexibility index (Phi) is 10.4. The summed E-state index contributed by atoms with van der Waals surface area (Å²) in [7, 11) is 0. The lowest BCUT2D eigenvalue weighted by atomic mass is 10.1. The smallest absolute Gasteiger partial charge is 0.319 e. The van der Waals surface area contributed by atoms with Gasteiger partial charge in [0.05, 0.1) is 10.6 Å². The Balaban J connectivity index is 1.63. The number of likely N-dealkylation sites (tertiary alicyclic amines) is 1. The Hall–Kier alpha value is -2.11. The van der Waals surface area contributed by atoms with Crippen molar-refractivity contribution < 1.29 is 23.1 Å². The van der Waals surface area contributed by atoms with Crippen LogP contribution in [-0.4, -0.2) is 48.3 Å². The summed E-state index contributed by atoms with van der Waals surface area (Å²) in [6, 6.07) is 1.82. The average Bonchev–Trinajstić information content (AvgIpc) is 3.31. The van der Waals surface area contributed by atoms with Crippen LogP contribution in [0.5, 0.6) is 0 Å². The van der Waals surface area contributed by atoms with Crippen LogP contribution in [0.2, 0.25) is 0 Å². The van der Waals surface area contributed by atoms with Gasteiger partial charge in [0, 0.05) is 16.3 Å². The molecule has 3 rings (SSSR count). The summed E-state index contributed by atoms with van der Waals surface area (Å²) in [5.74, 6) is -2.27. The van der Waals surface area contributed by atoms with Gasteiger partial charge in [0.25, 0.3) is 5.91 Å². The summed E-state index contributed by atoms with van der Waals surface area (Å²) >= 11 is 4.32. The molecule has 3 amide bonds. The van der Waals surface area contributed by atoms with Gasteiger partial charge in [-0.05, 0) is 69.9 Å². The topological polar surface area (TPSA) is 96.7 Å². The fourth-order valence-electron chi connectivity index (χ4n) is 3.93. The molecule has 1 saturated heterocycles. The normalized spacial score (nSPS) is 18.4. The number of carbonyl (C=O) groups excluding carboxylic acids is 2. The third-order valence-corrected chi connectivity index (χ3v) is 7.59. The zero-order chi connectivity index (χ0) is 25.4. The Morgan fingerprint density at radius 1 is 1.23 bits per heavy atom. The number of hydrogen-bond donors (Lipinski definition) is 3. The third kappa shape index (κ3) is 7.94. The highest BCUT2D eigenvalue weighted by molar-refractivity contribution is 9.10. The molecule has 1 fully saturated rings. The number of halogens is 3. The van der Waals surface area contributed by atoms with E-state index in [1.165, 1.54) is 24.6 Å². The maximum Gasteiger partial charge on any atom is 0.319 e. The van der Waals surface area contributed by atoms with Crippen LogP contribution < -0.4 is 16.4 Å². The number of amides is 3. The highest BCUT2D eigenvalue weighted by Gasteiger charge is 2.29. The molecule has 192 valence electrons. The van der Waals surface area contributed by atoms with E-state index in [4.69, 9.17) is 10.5 Å². The fourth-order valence-corrected chi connectivity index (χ4v) is 5.46. The van der Waals surface area contributed by atoms with Crippen molar-refractivity contribution in [3.8, 4) is 0 Å². The number of urea groups is 1. The van der Waals surface area contributed by atoms with E-state index in [1.54, 1.807) is 6.08 Å². The molecule has 0 radical (unpaired) electrons. The predicted octanol–water partition coefficient (Wildman–Crippen LogP) is 4.53. The number of nitrogens with two attached hydrogens (primary N) is 1. The molecule has 1 atom stereocenters. The lowest BCUT2D eigenvalue weighted by Crippen LogP contribution is -2.38. The van der Waals surface area contributed by atoms with Crippen molar-refractivity contribution in [2.45, 2.75) is 50.9 Å². The first-order valence-electron chi connectivity index (χ1n) is 11.7. The Morgan fingerprint density at radius 2 is 1.91 bits per heavy atom. The Labute approximate surface area is 217 Å². The molecule has 35 heavy (non-hydrogen) atoms. The number of benzene rings is 1. The van der Waals surface area contributed by atoms with Gasteiger partial charge < -0.3 is 26.0 Å². The number of carbonyl (C=O) groups is 2. The quantitative estimate of drug-likeness (QED) is 0.339. The third-order valence-electron chi connectivity index (χ3n) is 5.82. The molecular formula is C24H31BrF2N4O3S. The van der Waals surface area contributed by atoms with Crippen LogP contribution in [0.25, 0.3) is 0 Å². The van der Waals surface area contributed by atoms with E-state index in [1.807, 2.05) is 6.92 Å². The molecule has 0 saturated carbocycles. The lowest BCUT2D eigenvalue weighted by molar-refractivity contribution is -0.114. The molecule has 2 aliphatic heterocycles. The molecule has 0 aliphatic carbocycles. The molecule has 0 spiro atoms. The number of nitrogens with zero attached hydrogens (tertiary/aromatic N) is 1. The van der Waals surface area contributed by atoms with Crippen molar-refractivity contribution in [3.63, 3.8) is 0 Å². The van der Waals surface area contributed by atoms with Gasteiger partial charge in [-0.15, -0.1) is 0 Å². The summed E-state index contributed by atoms with van der Waals surface area (Å²) in [5.41, 5.74) is 5.30. The maximum atomic E-state index is 14.2. The van der Waals surface area contributed by atoms with Crippen LogP contribution in [0.1, 0.15) is 44.6 Å². The van der Waals surface area contributed by atoms with Crippen molar-refractivity contribution in [1.29, 1.82) is 0 Å². The number of rotatable bonds is 11. The van der Waals surface area contributed by atoms with E-state index >= 15 is 0 Å². The lowest BCUT2D eigenvalue weighted by Gasteiger charge is -2.25. The van der Waals surface area contributed by atoms with Gasteiger partial charge >= 0.3 is 6.03 Å². The highest BCUT2D eigenvalue weighted by atomic mass is 79.9. The fraction of sp³-hybridized carbons (Fsp3) is 0.500. The largest absolute Gasteiger partial charge is 0.488 e. The van der Waals surface area contributed by atoms with Gasteiger partial charge in [-0.3, -0.25) is 4.79 Å². The maximum absolute atomic E-state index is 14.2. The van der Waals surface area contributed by atoms with E-state index in [0.717, 1.165) is 44.6 Å². The van der Waals surface area contributed by atoms with Crippen LogP contribution >= 0.6 is 27.7 Å². The zero-order valence-corrected chi connectivity index (χ0v) is 22.1. The van der Waals surface area contributed by atoms with Crippen LogP contribution in [0.4, 0.5) is 13.6 Å². The molecule has 4 N–H and O–H groups in total. The van der Waals surface area contributed by atoms with Crippen LogP contribution in [0.3, 0.4) is 0 Å². The van der Waals surface area contributed by atoms with Crippen molar-refractivity contribution in [2.75, 3.05) is 26.2 Å². The Bertz CT molecular complexity index is 976.